The maximum atomic E-state index is 13.4. The Morgan fingerprint density at radius 1 is 1.24 bits per heavy atom. The molecule has 0 spiro atoms. The number of carbonyl (C=O) groups is 3. The molecule has 8 nitrogen and oxygen atoms in total. The monoisotopic (exact) mass is 415 g/mol. The summed E-state index contributed by atoms with van der Waals surface area (Å²) in [5, 5.41) is 3.04. The van der Waals surface area contributed by atoms with Gasteiger partial charge in [0.1, 0.15) is 10.9 Å². The molecule has 0 bridgehead atoms. The molecule has 1 atom stereocenters. The van der Waals surface area contributed by atoms with E-state index in [1.54, 1.807) is 19.1 Å². The summed E-state index contributed by atoms with van der Waals surface area (Å²) < 4.78 is 3.92. The number of aryl methyl sites for hydroxylation is 1. The number of para-hydroxylation sites is 1. The highest BCUT2D eigenvalue weighted by Gasteiger charge is 2.33. The van der Waals surface area contributed by atoms with Gasteiger partial charge in [-0.1, -0.05) is 31.0 Å². The number of hydrogen-bond donors (Lipinski definition) is 3. The summed E-state index contributed by atoms with van der Waals surface area (Å²) in [6.45, 7) is 3.54. The number of rotatable bonds is 6. The number of benzene rings is 1. The van der Waals surface area contributed by atoms with E-state index in [0.717, 1.165) is 42.8 Å². The van der Waals surface area contributed by atoms with E-state index in [4.69, 9.17) is 11.5 Å². The fraction of sp³-hybridized carbons (Fsp3) is 0.400. The summed E-state index contributed by atoms with van der Waals surface area (Å²) in [6, 6.07) is 6.66. The normalized spacial score (nSPS) is 15.1. The van der Waals surface area contributed by atoms with Gasteiger partial charge in [-0.25, -0.2) is 0 Å². The largest absolute Gasteiger partial charge is 0.395 e. The van der Waals surface area contributed by atoms with Crippen LogP contribution in [0.5, 0.6) is 0 Å². The topological polar surface area (TPSA) is 131 Å². The lowest BCUT2D eigenvalue weighted by Gasteiger charge is -2.30. The van der Waals surface area contributed by atoms with Crippen molar-refractivity contribution in [2.24, 2.45) is 5.73 Å². The third-order valence-corrected chi connectivity index (χ3v) is 6.07. The molecule has 1 aromatic carbocycles. The second kappa shape index (κ2) is 8.60. The van der Waals surface area contributed by atoms with Crippen LogP contribution in [0, 0.1) is 6.92 Å². The number of nitrogen functional groups attached to an aromatic ring is 1. The Kier molecular flexibility index (Phi) is 6.17. The molecule has 154 valence electrons. The predicted octanol–water partition coefficient (Wildman–Crippen LogP) is 2.23. The lowest BCUT2D eigenvalue weighted by molar-refractivity contribution is -0.122. The zero-order chi connectivity index (χ0) is 21.1. The van der Waals surface area contributed by atoms with Gasteiger partial charge in [-0.3, -0.25) is 19.3 Å². The Morgan fingerprint density at radius 2 is 1.90 bits per heavy atom. The molecule has 3 rings (SSSR count). The van der Waals surface area contributed by atoms with Gasteiger partial charge in [-0.05, 0) is 49.9 Å². The Bertz CT molecular complexity index is 936. The van der Waals surface area contributed by atoms with Crippen LogP contribution >= 0.6 is 11.5 Å². The standard InChI is InChI=1S/C20H25N5O3S/c1-11-7-3-6-10-14(11)25(12(2)19(27)23-13-8-4-5-9-13)20(28)17-15(21)16(18(22)26)24-29-17/h3,6-7,10,12-13H,4-5,8-9,21H2,1-2H3,(H2,22,26)(H,23,27). The molecule has 1 aliphatic carbocycles. The highest BCUT2D eigenvalue weighted by Crippen LogP contribution is 2.29. The van der Waals surface area contributed by atoms with Gasteiger partial charge in [0.15, 0.2) is 5.69 Å². The van der Waals surface area contributed by atoms with E-state index in [0.29, 0.717) is 5.69 Å². The number of carbonyl (C=O) groups excluding carboxylic acids is 3. The highest BCUT2D eigenvalue weighted by atomic mass is 32.1. The third-order valence-electron chi connectivity index (χ3n) is 5.22. The summed E-state index contributed by atoms with van der Waals surface area (Å²) in [5.41, 5.74) is 12.5. The molecule has 29 heavy (non-hydrogen) atoms. The van der Waals surface area contributed by atoms with Crippen molar-refractivity contribution in [3.63, 3.8) is 0 Å². The van der Waals surface area contributed by atoms with Gasteiger partial charge in [-0.15, -0.1) is 0 Å². The lowest BCUT2D eigenvalue weighted by Crippen LogP contribution is -2.50. The smallest absolute Gasteiger partial charge is 0.272 e. The van der Waals surface area contributed by atoms with Gasteiger partial charge in [0.05, 0.1) is 5.69 Å². The van der Waals surface area contributed by atoms with Crippen molar-refractivity contribution in [3.05, 3.63) is 40.4 Å². The average Bonchev–Trinajstić information content (AvgIpc) is 3.32. The molecular formula is C20H25N5O3S. The summed E-state index contributed by atoms with van der Waals surface area (Å²) in [4.78, 5) is 39.3. The quantitative estimate of drug-likeness (QED) is 0.666. The van der Waals surface area contributed by atoms with Crippen molar-refractivity contribution in [1.82, 2.24) is 9.69 Å². The zero-order valence-electron chi connectivity index (χ0n) is 16.5. The summed E-state index contributed by atoms with van der Waals surface area (Å²) >= 11 is 0.805. The molecule has 1 saturated carbocycles. The Morgan fingerprint density at radius 3 is 2.48 bits per heavy atom. The first kappa shape index (κ1) is 20.8. The summed E-state index contributed by atoms with van der Waals surface area (Å²) in [5.74, 6) is -1.52. The van der Waals surface area contributed by atoms with Gasteiger partial charge in [0, 0.05) is 11.7 Å². The number of amides is 3. The highest BCUT2D eigenvalue weighted by molar-refractivity contribution is 7.09. The van der Waals surface area contributed by atoms with Crippen LogP contribution in [0.2, 0.25) is 0 Å². The van der Waals surface area contributed by atoms with Crippen molar-refractivity contribution in [2.45, 2.75) is 51.6 Å². The van der Waals surface area contributed by atoms with E-state index in [1.165, 1.54) is 4.90 Å². The Labute approximate surface area is 173 Å². The molecule has 1 heterocycles. The molecule has 1 fully saturated rings. The fourth-order valence-electron chi connectivity index (χ4n) is 3.58. The van der Waals surface area contributed by atoms with E-state index in [9.17, 15) is 14.4 Å². The molecule has 2 aromatic rings. The molecular weight excluding hydrogens is 390 g/mol. The maximum Gasteiger partial charge on any atom is 0.272 e. The lowest BCUT2D eigenvalue weighted by atomic mass is 10.1. The molecule has 3 amide bonds. The predicted molar refractivity (Wildman–Crippen MR) is 113 cm³/mol. The number of anilines is 2. The summed E-state index contributed by atoms with van der Waals surface area (Å²) in [6.07, 6.45) is 4.07. The van der Waals surface area contributed by atoms with E-state index in [-0.39, 0.29) is 28.2 Å². The molecule has 0 radical (unpaired) electrons. The third kappa shape index (κ3) is 4.24. The molecule has 0 saturated heterocycles. The number of hydrogen-bond acceptors (Lipinski definition) is 6. The number of nitrogens with two attached hydrogens (primary N) is 2. The van der Waals surface area contributed by atoms with Crippen LogP contribution in [-0.4, -0.2) is 34.2 Å². The first-order valence-corrected chi connectivity index (χ1v) is 10.3. The maximum absolute atomic E-state index is 13.4. The second-order valence-electron chi connectivity index (χ2n) is 7.27. The van der Waals surface area contributed by atoms with Crippen LogP contribution in [0.15, 0.2) is 24.3 Å². The molecule has 1 unspecified atom stereocenters. The first-order valence-electron chi connectivity index (χ1n) is 9.55. The molecule has 5 N–H and O–H groups in total. The van der Waals surface area contributed by atoms with Crippen LogP contribution in [0.25, 0.3) is 0 Å². The number of primary amides is 1. The first-order chi connectivity index (χ1) is 13.8. The summed E-state index contributed by atoms with van der Waals surface area (Å²) in [7, 11) is 0. The van der Waals surface area contributed by atoms with Crippen LogP contribution in [0.1, 0.15) is 58.3 Å². The van der Waals surface area contributed by atoms with E-state index >= 15 is 0 Å². The molecule has 0 aliphatic heterocycles. The van der Waals surface area contributed by atoms with Crippen molar-refractivity contribution < 1.29 is 14.4 Å². The van der Waals surface area contributed by atoms with E-state index in [1.807, 2.05) is 19.1 Å². The Hall–Kier alpha value is -2.94. The minimum Gasteiger partial charge on any atom is -0.395 e. The minimum absolute atomic E-state index is 0.0607. The SMILES string of the molecule is Cc1ccccc1N(C(=O)c1snc(C(N)=O)c1N)C(C)C(=O)NC1CCCC1. The van der Waals surface area contributed by atoms with Crippen molar-refractivity contribution in [1.29, 1.82) is 0 Å². The molecule has 1 aromatic heterocycles. The van der Waals surface area contributed by atoms with Gasteiger partial charge < -0.3 is 16.8 Å². The van der Waals surface area contributed by atoms with Crippen molar-refractivity contribution in [3.8, 4) is 0 Å². The molecule has 9 heteroatoms. The van der Waals surface area contributed by atoms with E-state index < -0.39 is 17.9 Å². The zero-order valence-corrected chi connectivity index (χ0v) is 17.3. The van der Waals surface area contributed by atoms with Gasteiger partial charge >= 0.3 is 0 Å². The average molecular weight is 416 g/mol. The van der Waals surface area contributed by atoms with Crippen LogP contribution < -0.4 is 21.7 Å². The number of nitrogens with zero attached hydrogens (tertiary/aromatic N) is 2. The van der Waals surface area contributed by atoms with Gasteiger partial charge in [-0.2, -0.15) is 4.37 Å². The van der Waals surface area contributed by atoms with Gasteiger partial charge in [0.2, 0.25) is 5.91 Å². The van der Waals surface area contributed by atoms with Gasteiger partial charge in [0.25, 0.3) is 11.8 Å². The molecule has 1 aliphatic rings. The number of nitrogens with one attached hydrogen (secondary N) is 1. The minimum atomic E-state index is -0.799. The van der Waals surface area contributed by atoms with Crippen LogP contribution in [0.4, 0.5) is 11.4 Å². The van der Waals surface area contributed by atoms with Crippen molar-refractivity contribution in [2.75, 3.05) is 10.6 Å². The Balaban J connectivity index is 1.97. The second-order valence-corrected chi connectivity index (χ2v) is 8.04. The van der Waals surface area contributed by atoms with Crippen LogP contribution in [-0.2, 0) is 4.79 Å². The number of aromatic nitrogens is 1. The van der Waals surface area contributed by atoms with Crippen LogP contribution in [0.3, 0.4) is 0 Å². The fourth-order valence-corrected chi connectivity index (χ4v) is 4.32. The van der Waals surface area contributed by atoms with E-state index in [2.05, 4.69) is 9.69 Å². The van der Waals surface area contributed by atoms with Crippen molar-refractivity contribution >= 4 is 40.6 Å².